The Morgan fingerprint density at radius 3 is 2.37 bits per heavy atom. The van der Waals surface area contributed by atoms with Crippen LogP contribution in [0.4, 0.5) is 5.13 Å². The number of esters is 1. The molecule has 14 nitrogen and oxygen atoms in total. The summed E-state index contributed by atoms with van der Waals surface area (Å²) in [7, 11) is -4.44. The number of halogens is 1. The average Bonchev–Trinajstić information content (AvgIpc) is 3.88. The number of ether oxygens (including phenoxy) is 2. The molecular formula is C43H58ClN5O9S2. The number of pyridine rings is 1. The lowest BCUT2D eigenvalue weighted by Gasteiger charge is -2.35. The number of ketones is 1. The van der Waals surface area contributed by atoms with Crippen molar-refractivity contribution in [3.8, 4) is 17.1 Å². The molecule has 2 aliphatic carbocycles. The summed E-state index contributed by atoms with van der Waals surface area (Å²) in [6, 6.07) is 6.24. The number of anilines is 1. The van der Waals surface area contributed by atoms with Gasteiger partial charge in [-0.3, -0.25) is 19.2 Å². The minimum absolute atomic E-state index is 0.00772. The topological polar surface area (TPSA) is 183 Å². The SMILES string of the molecule is CC[C@@H]1C[C@]1(CC(=O)[C@@H]1C[C@@H](Oc2cc(-c3csc(NC(C)C)n3)nc3c(Cl)cccc23)CN1C(=O)[C@@H](CC(=O)OC(C)(C)C)C(C)(C)C)C(=O)NS(=O)(=O)OC1(C)CC1. The van der Waals surface area contributed by atoms with Crippen molar-refractivity contribution >= 4 is 72.8 Å². The molecule has 3 aliphatic rings. The van der Waals surface area contributed by atoms with Crippen molar-refractivity contribution in [2.24, 2.45) is 22.7 Å². The van der Waals surface area contributed by atoms with Crippen molar-refractivity contribution in [3.05, 3.63) is 34.7 Å². The van der Waals surface area contributed by atoms with Crippen LogP contribution in [-0.2, 0) is 38.4 Å². The Morgan fingerprint density at radius 2 is 1.77 bits per heavy atom. The Hall–Kier alpha value is -3.86. The van der Waals surface area contributed by atoms with E-state index in [4.69, 9.17) is 35.2 Å². The first-order valence-electron chi connectivity index (χ1n) is 20.6. The van der Waals surface area contributed by atoms with Gasteiger partial charge in [-0.15, -0.1) is 11.3 Å². The molecule has 6 rings (SSSR count). The van der Waals surface area contributed by atoms with Gasteiger partial charge in [-0.2, -0.15) is 8.42 Å². The van der Waals surface area contributed by atoms with Gasteiger partial charge in [-0.25, -0.2) is 18.9 Å². The molecular weight excluding hydrogens is 830 g/mol. The summed E-state index contributed by atoms with van der Waals surface area (Å²) in [4.78, 5) is 67.6. The van der Waals surface area contributed by atoms with E-state index in [1.165, 1.54) is 16.2 Å². The van der Waals surface area contributed by atoms with Gasteiger partial charge >= 0.3 is 16.3 Å². The maximum absolute atomic E-state index is 14.8. The summed E-state index contributed by atoms with van der Waals surface area (Å²) in [6.45, 7) is 18.4. The highest BCUT2D eigenvalue weighted by molar-refractivity contribution is 7.85. The first-order valence-corrected chi connectivity index (χ1v) is 23.3. The van der Waals surface area contributed by atoms with Crippen LogP contribution < -0.4 is 14.8 Å². The number of nitrogens with one attached hydrogen (secondary N) is 2. The van der Waals surface area contributed by atoms with Crippen LogP contribution in [0.5, 0.6) is 5.75 Å². The smallest absolute Gasteiger partial charge is 0.362 e. The Kier molecular flexibility index (Phi) is 12.8. The van der Waals surface area contributed by atoms with Gasteiger partial charge in [0.15, 0.2) is 10.9 Å². The minimum atomic E-state index is -4.44. The molecule has 0 spiro atoms. The number of carbonyl (C=O) groups is 4. The molecule has 17 heteroatoms. The third-order valence-electron chi connectivity index (χ3n) is 11.4. The highest BCUT2D eigenvalue weighted by Gasteiger charge is 2.62. The number of hydrogen-bond donors (Lipinski definition) is 2. The number of carbonyl (C=O) groups excluding carboxylic acids is 4. The summed E-state index contributed by atoms with van der Waals surface area (Å²) >= 11 is 8.14. The van der Waals surface area contributed by atoms with Crippen LogP contribution in [-0.4, -0.2) is 82.8 Å². The van der Waals surface area contributed by atoms with Gasteiger partial charge in [0.05, 0.1) is 52.2 Å². The third kappa shape index (κ3) is 10.6. The van der Waals surface area contributed by atoms with E-state index in [0.29, 0.717) is 58.7 Å². The fraction of sp³-hybridized carbons (Fsp3) is 0.628. The number of likely N-dealkylation sites (tertiary alicyclic amines) is 1. The van der Waals surface area contributed by atoms with Crippen molar-refractivity contribution in [1.29, 1.82) is 0 Å². The lowest BCUT2D eigenvalue weighted by atomic mass is 9.77. The monoisotopic (exact) mass is 887 g/mol. The number of thiazole rings is 1. The molecule has 2 amide bonds. The molecule has 0 radical (unpaired) electrons. The van der Waals surface area contributed by atoms with Gasteiger partial charge in [0, 0.05) is 35.7 Å². The van der Waals surface area contributed by atoms with Crippen LogP contribution in [0.1, 0.15) is 114 Å². The molecule has 5 atom stereocenters. The van der Waals surface area contributed by atoms with Gasteiger partial charge in [0.2, 0.25) is 11.8 Å². The highest BCUT2D eigenvalue weighted by atomic mass is 35.5. The van der Waals surface area contributed by atoms with Crippen LogP contribution >= 0.6 is 22.9 Å². The second kappa shape index (κ2) is 16.8. The summed E-state index contributed by atoms with van der Waals surface area (Å²) in [5, 5.41) is 6.94. The normalized spacial score (nSPS) is 23.0. The van der Waals surface area contributed by atoms with Crippen LogP contribution in [0, 0.1) is 22.7 Å². The van der Waals surface area contributed by atoms with Crippen molar-refractivity contribution in [2.75, 3.05) is 11.9 Å². The molecule has 328 valence electrons. The van der Waals surface area contributed by atoms with Crippen molar-refractivity contribution in [2.45, 2.75) is 144 Å². The third-order valence-corrected chi connectivity index (χ3v) is 13.6. The number of aromatic nitrogens is 2. The zero-order valence-electron chi connectivity index (χ0n) is 36.1. The van der Waals surface area contributed by atoms with E-state index in [2.05, 4.69) is 10.0 Å². The van der Waals surface area contributed by atoms with Crippen LogP contribution in [0.25, 0.3) is 22.3 Å². The zero-order chi connectivity index (χ0) is 44.2. The van der Waals surface area contributed by atoms with E-state index < -0.39 is 74.0 Å². The first kappa shape index (κ1) is 45.7. The molecule has 60 heavy (non-hydrogen) atoms. The summed E-state index contributed by atoms with van der Waals surface area (Å²) in [6.07, 6.45) is 0.771. The average molecular weight is 889 g/mol. The Morgan fingerprint density at radius 1 is 1.07 bits per heavy atom. The van der Waals surface area contributed by atoms with E-state index >= 15 is 0 Å². The second-order valence-corrected chi connectivity index (χ2v) is 21.7. The summed E-state index contributed by atoms with van der Waals surface area (Å²) in [5.74, 6) is -2.88. The van der Waals surface area contributed by atoms with Gasteiger partial charge < -0.3 is 19.7 Å². The van der Waals surface area contributed by atoms with E-state index in [9.17, 15) is 27.6 Å². The number of hydrogen-bond acceptors (Lipinski definition) is 13. The van der Waals surface area contributed by atoms with E-state index in [1.54, 1.807) is 45.9 Å². The highest BCUT2D eigenvalue weighted by Crippen LogP contribution is 2.58. The largest absolute Gasteiger partial charge is 0.488 e. The number of amides is 2. The maximum Gasteiger partial charge on any atom is 0.362 e. The predicted molar refractivity (Wildman–Crippen MR) is 231 cm³/mol. The number of para-hydroxylation sites is 1. The summed E-state index contributed by atoms with van der Waals surface area (Å²) < 4.78 is 45.6. The standard InChI is InChI=1S/C43H58ClN5O9S2/c1-11-25-20-43(25,38(53)48-60(54,55)58-42(10)15-16-42)21-33(50)32-17-26(22-49(32)37(52)28(40(4,5)6)18-35(51)57-41(7,8)9)56-34-19-30(31-23-59-39(47-31)45-24(2)3)46-36-27(34)13-12-14-29(36)44/h12-14,19,23-26,28,32H,11,15-18,20-22H2,1-10H3,(H,45,47)(H,48,53)/t25-,26-,28-,32+,43-/m1/s1. The summed E-state index contributed by atoms with van der Waals surface area (Å²) in [5.41, 5.74) is -2.04. The molecule has 0 bridgehead atoms. The molecule has 3 aromatic rings. The predicted octanol–water partition coefficient (Wildman–Crippen LogP) is 7.88. The number of Topliss-reactive ketones (excluding diaryl/α,β-unsaturated/α-hetero) is 1. The first-order chi connectivity index (χ1) is 27.8. The number of fused-ring (bicyclic) bond motifs is 1. The second-order valence-electron chi connectivity index (χ2n) is 19.2. The molecule has 2 saturated carbocycles. The van der Waals surface area contributed by atoms with Gasteiger partial charge in [0.1, 0.15) is 23.1 Å². The van der Waals surface area contributed by atoms with E-state index in [0.717, 1.165) is 5.13 Å². The lowest BCUT2D eigenvalue weighted by Crippen LogP contribution is -2.49. The number of rotatable bonds is 16. The van der Waals surface area contributed by atoms with Crippen LogP contribution in [0.2, 0.25) is 5.02 Å². The maximum atomic E-state index is 14.8. The molecule has 2 N–H and O–H groups in total. The number of nitrogens with zero attached hydrogens (tertiary/aromatic N) is 3. The van der Waals surface area contributed by atoms with Crippen molar-refractivity contribution < 1.29 is 41.3 Å². The van der Waals surface area contributed by atoms with Crippen LogP contribution in [0.15, 0.2) is 29.6 Å². The van der Waals surface area contributed by atoms with E-state index in [1.807, 2.05) is 53.0 Å². The molecule has 1 saturated heterocycles. The van der Waals surface area contributed by atoms with E-state index in [-0.39, 0.29) is 37.8 Å². The Bertz CT molecular complexity index is 2260. The lowest BCUT2D eigenvalue weighted by molar-refractivity contribution is -0.161. The molecule has 3 fully saturated rings. The zero-order valence-corrected chi connectivity index (χ0v) is 38.5. The quantitative estimate of drug-likeness (QED) is 0.133. The molecule has 1 aliphatic heterocycles. The van der Waals surface area contributed by atoms with Crippen LogP contribution in [0.3, 0.4) is 0 Å². The number of benzene rings is 1. The fourth-order valence-corrected chi connectivity index (χ4v) is 10.2. The molecule has 2 aromatic heterocycles. The fourth-order valence-electron chi connectivity index (χ4n) is 7.92. The minimum Gasteiger partial charge on any atom is -0.488 e. The molecule has 1 aromatic carbocycles. The van der Waals surface area contributed by atoms with Crippen molar-refractivity contribution in [1.82, 2.24) is 19.6 Å². The Balaban J connectivity index is 1.33. The van der Waals surface area contributed by atoms with Gasteiger partial charge in [-0.05, 0) is 84.3 Å². The molecule has 0 unspecified atom stereocenters. The van der Waals surface area contributed by atoms with Crippen molar-refractivity contribution in [3.63, 3.8) is 0 Å². The van der Waals surface area contributed by atoms with Gasteiger partial charge in [0.25, 0.3) is 0 Å². The Labute approximate surface area is 362 Å². The molecule has 3 heterocycles. The van der Waals surface area contributed by atoms with Gasteiger partial charge in [-0.1, -0.05) is 51.8 Å².